The predicted octanol–water partition coefficient (Wildman–Crippen LogP) is 1.23. The minimum atomic E-state index is -0.254. The van der Waals surface area contributed by atoms with Crippen molar-refractivity contribution in [2.24, 2.45) is 0 Å². The molecule has 3 heteroatoms. The zero-order chi connectivity index (χ0) is 10.9. The van der Waals surface area contributed by atoms with Gasteiger partial charge in [0.1, 0.15) is 13.4 Å². The van der Waals surface area contributed by atoms with Crippen LogP contribution in [0.1, 0.15) is 5.56 Å². The van der Waals surface area contributed by atoms with E-state index in [1.165, 1.54) is 7.11 Å². The van der Waals surface area contributed by atoms with E-state index in [0.717, 1.165) is 5.56 Å². The summed E-state index contributed by atoms with van der Waals surface area (Å²) in [5, 5.41) is 0. The Balaban J connectivity index is 2.41. The first-order valence-electron chi connectivity index (χ1n) is 4.49. The second kappa shape index (κ2) is 6.77. The van der Waals surface area contributed by atoms with Crippen molar-refractivity contribution in [2.45, 2.75) is 0 Å². The number of carbonyl (C=O) groups excluding carboxylic acids is 1. The van der Waals surface area contributed by atoms with Gasteiger partial charge < -0.3 is 9.47 Å². The molecule has 0 aromatic heterocycles. The smallest absolute Gasteiger partial charge is 0.231 e. The number of methoxy groups -OCH3 is 1. The SMILES string of the molecule is COCOCC(=O)C#Cc1ccccc1. The van der Waals surface area contributed by atoms with E-state index < -0.39 is 0 Å². The predicted molar refractivity (Wildman–Crippen MR) is 56.2 cm³/mol. The first-order valence-corrected chi connectivity index (χ1v) is 4.49. The number of hydrogen-bond acceptors (Lipinski definition) is 3. The fraction of sp³-hybridized carbons (Fsp3) is 0.250. The summed E-state index contributed by atoms with van der Waals surface area (Å²) in [5.74, 6) is 4.99. The van der Waals surface area contributed by atoms with E-state index in [-0.39, 0.29) is 19.2 Å². The molecule has 0 spiro atoms. The van der Waals surface area contributed by atoms with Gasteiger partial charge in [-0.2, -0.15) is 0 Å². The second-order valence-electron chi connectivity index (χ2n) is 2.79. The number of carbonyl (C=O) groups is 1. The summed E-state index contributed by atoms with van der Waals surface area (Å²) >= 11 is 0. The zero-order valence-electron chi connectivity index (χ0n) is 8.53. The maximum atomic E-state index is 11.1. The van der Waals surface area contributed by atoms with E-state index in [2.05, 4.69) is 16.6 Å². The van der Waals surface area contributed by atoms with Crippen LogP contribution in [0.15, 0.2) is 30.3 Å². The molecule has 0 fully saturated rings. The number of benzene rings is 1. The van der Waals surface area contributed by atoms with Gasteiger partial charge in [0.2, 0.25) is 5.78 Å². The molecule has 1 aromatic rings. The van der Waals surface area contributed by atoms with Crippen molar-refractivity contribution in [1.29, 1.82) is 0 Å². The monoisotopic (exact) mass is 204 g/mol. The van der Waals surface area contributed by atoms with Gasteiger partial charge in [-0.3, -0.25) is 4.79 Å². The molecule has 0 aliphatic rings. The summed E-state index contributed by atoms with van der Waals surface area (Å²) in [4.78, 5) is 11.1. The van der Waals surface area contributed by atoms with Gasteiger partial charge in [-0.1, -0.05) is 24.1 Å². The van der Waals surface area contributed by atoms with Crippen molar-refractivity contribution in [3.05, 3.63) is 35.9 Å². The molecule has 3 nitrogen and oxygen atoms in total. The third kappa shape index (κ3) is 4.96. The van der Waals surface area contributed by atoms with Crippen LogP contribution in [0.2, 0.25) is 0 Å². The second-order valence-corrected chi connectivity index (χ2v) is 2.79. The Bertz CT molecular complexity index is 359. The topological polar surface area (TPSA) is 35.5 Å². The van der Waals surface area contributed by atoms with Gasteiger partial charge in [0.15, 0.2) is 0 Å². The minimum absolute atomic E-state index is 0.0341. The summed E-state index contributed by atoms with van der Waals surface area (Å²) in [5.41, 5.74) is 0.817. The molecular formula is C12H12O3. The molecule has 0 bridgehead atoms. The van der Waals surface area contributed by atoms with Gasteiger partial charge in [0, 0.05) is 12.7 Å². The molecule has 1 rings (SSSR count). The molecule has 0 unspecified atom stereocenters. The van der Waals surface area contributed by atoms with Crippen molar-refractivity contribution < 1.29 is 14.3 Å². The standard InChI is InChI=1S/C12H12O3/c1-14-10-15-9-12(13)8-7-11-5-3-2-4-6-11/h2-6H,9-10H2,1H3. The van der Waals surface area contributed by atoms with Gasteiger partial charge in [0.05, 0.1) is 0 Å². The molecule has 0 amide bonds. The van der Waals surface area contributed by atoms with Crippen molar-refractivity contribution >= 4 is 5.78 Å². The first kappa shape index (κ1) is 11.4. The normalized spacial score (nSPS) is 9.13. The first-order chi connectivity index (χ1) is 7.33. The Hall–Kier alpha value is -1.63. The van der Waals surface area contributed by atoms with E-state index in [1.54, 1.807) is 0 Å². The lowest BCUT2D eigenvalue weighted by molar-refractivity contribution is -0.122. The Kier molecular flexibility index (Phi) is 5.16. The summed E-state index contributed by atoms with van der Waals surface area (Å²) in [6.45, 7) is 0.0758. The molecular weight excluding hydrogens is 192 g/mol. The van der Waals surface area contributed by atoms with Crippen molar-refractivity contribution in [3.8, 4) is 11.8 Å². The van der Waals surface area contributed by atoms with E-state index >= 15 is 0 Å². The Morgan fingerprint density at radius 3 is 2.73 bits per heavy atom. The van der Waals surface area contributed by atoms with Crippen LogP contribution in [0.3, 0.4) is 0 Å². The lowest BCUT2D eigenvalue weighted by atomic mass is 10.2. The Labute approximate surface area is 89.0 Å². The van der Waals surface area contributed by atoms with Crippen molar-refractivity contribution in [2.75, 3.05) is 20.5 Å². The van der Waals surface area contributed by atoms with Crippen LogP contribution in [0.25, 0.3) is 0 Å². The van der Waals surface area contributed by atoms with E-state index in [9.17, 15) is 4.79 Å². The largest absolute Gasteiger partial charge is 0.359 e. The fourth-order valence-corrected chi connectivity index (χ4v) is 0.917. The van der Waals surface area contributed by atoms with Crippen LogP contribution in [-0.2, 0) is 14.3 Å². The zero-order valence-corrected chi connectivity index (χ0v) is 8.53. The maximum absolute atomic E-state index is 11.1. The van der Waals surface area contributed by atoms with Gasteiger partial charge in [0.25, 0.3) is 0 Å². The van der Waals surface area contributed by atoms with E-state index in [1.807, 2.05) is 30.3 Å². The van der Waals surface area contributed by atoms with Crippen molar-refractivity contribution in [1.82, 2.24) is 0 Å². The minimum Gasteiger partial charge on any atom is -0.359 e. The molecule has 0 atom stereocenters. The summed E-state index contributed by atoms with van der Waals surface area (Å²) in [7, 11) is 1.50. The van der Waals surface area contributed by atoms with E-state index in [0.29, 0.717) is 0 Å². The molecule has 0 radical (unpaired) electrons. The van der Waals surface area contributed by atoms with Gasteiger partial charge in [-0.15, -0.1) is 0 Å². The molecule has 0 heterocycles. The van der Waals surface area contributed by atoms with Crippen LogP contribution in [0.5, 0.6) is 0 Å². The Morgan fingerprint density at radius 2 is 2.07 bits per heavy atom. The summed E-state index contributed by atoms with van der Waals surface area (Å²) < 4.78 is 9.49. The number of rotatable bonds is 4. The molecule has 0 aliphatic heterocycles. The number of ketones is 1. The quantitative estimate of drug-likeness (QED) is 0.420. The highest BCUT2D eigenvalue weighted by molar-refractivity contribution is 5.96. The summed E-state index contributed by atoms with van der Waals surface area (Å²) in [6, 6.07) is 9.33. The summed E-state index contributed by atoms with van der Waals surface area (Å²) in [6.07, 6.45) is 0. The van der Waals surface area contributed by atoms with Crippen LogP contribution in [0.4, 0.5) is 0 Å². The average Bonchev–Trinajstić information content (AvgIpc) is 2.28. The van der Waals surface area contributed by atoms with E-state index in [4.69, 9.17) is 4.74 Å². The molecule has 1 aromatic carbocycles. The lowest BCUT2D eigenvalue weighted by Crippen LogP contribution is -2.07. The molecule has 78 valence electrons. The fourth-order valence-electron chi connectivity index (χ4n) is 0.917. The van der Waals surface area contributed by atoms with Gasteiger partial charge in [-0.05, 0) is 18.1 Å². The molecule has 0 aliphatic carbocycles. The van der Waals surface area contributed by atoms with Crippen LogP contribution in [0, 0.1) is 11.8 Å². The van der Waals surface area contributed by atoms with Crippen LogP contribution < -0.4 is 0 Å². The van der Waals surface area contributed by atoms with Gasteiger partial charge >= 0.3 is 0 Å². The highest BCUT2D eigenvalue weighted by atomic mass is 16.7. The molecule has 0 saturated heterocycles. The maximum Gasteiger partial charge on any atom is 0.231 e. The number of hydrogen-bond donors (Lipinski definition) is 0. The molecule has 0 N–H and O–H groups in total. The lowest BCUT2D eigenvalue weighted by Gasteiger charge is -1.96. The molecule has 15 heavy (non-hydrogen) atoms. The third-order valence-corrected chi connectivity index (χ3v) is 1.55. The average molecular weight is 204 g/mol. The van der Waals surface area contributed by atoms with Crippen LogP contribution >= 0.6 is 0 Å². The highest BCUT2D eigenvalue weighted by Crippen LogP contribution is 1.94. The third-order valence-electron chi connectivity index (χ3n) is 1.55. The van der Waals surface area contributed by atoms with Gasteiger partial charge in [-0.25, -0.2) is 0 Å². The number of Topliss-reactive ketones (excluding diaryl/α,β-unsaturated/α-hetero) is 1. The highest BCUT2D eigenvalue weighted by Gasteiger charge is 1.95. The Morgan fingerprint density at radius 1 is 1.33 bits per heavy atom. The van der Waals surface area contributed by atoms with Crippen molar-refractivity contribution in [3.63, 3.8) is 0 Å². The van der Waals surface area contributed by atoms with Crippen LogP contribution in [-0.4, -0.2) is 26.3 Å². The molecule has 0 saturated carbocycles. The number of ether oxygens (including phenoxy) is 2.